The summed E-state index contributed by atoms with van der Waals surface area (Å²) in [6.07, 6.45) is 0. The lowest BCUT2D eigenvalue weighted by molar-refractivity contribution is -0.106. The fourth-order valence-corrected chi connectivity index (χ4v) is 1.35. The van der Waals surface area contributed by atoms with Gasteiger partial charge in [-0.3, -0.25) is 4.79 Å². The number of thiazole rings is 1. The molecule has 0 saturated heterocycles. The van der Waals surface area contributed by atoms with Gasteiger partial charge >= 0.3 is 0 Å². The largest absolute Gasteiger partial charge is 0.398 e. The predicted molar refractivity (Wildman–Crippen MR) is 58.2 cm³/mol. The molecule has 78 valence electrons. The molecule has 0 spiro atoms. The summed E-state index contributed by atoms with van der Waals surface area (Å²) in [5.41, 5.74) is 5.65. The van der Waals surface area contributed by atoms with E-state index in [9.17, 15) is 4.79 Å². The minimum Gasteiger partial charge on any atom is -0.398 e. The summed E-state index contributed by atoms with van der Waals surface area (Å²) in [6, 6.07) is 0. The quantitative estimate of drug-likeness (QED) is 0.501. The van der Waals surface area contributed by atoms with Crippen LogP contribution in [0, 0.1) is 0 Å². The Morgan fingerprint density at radius 1 is 1.79 bits per heavy atom. The number of nitrogen functional groups attached to an aromatic ring is 1. The van der Waals surface area contributed by atoms with Gasteiger partial charge in [0, 0.05) is 5.38 Å². The molecule has 1 heterocycles. The lowest BCUT2D eigenvalue weighted by Gasteiger charge is -1.94. The Morgan fingerprint density at radius 2 is 2.43 bits per heavy atom. The van der Waals surface area contributed by atoms with Crippen LogP contribution < -0.4 is 5.73 Å². The zero-order chi connectivity index (χ0) is 9.84. The molecule has 0 amide bonds. The molecule has 0 unspecified atom stereocenters. The van der Waals surface area contributed by atoms with E-state index in [1.807, 2.05) is 0 Å². The van der Waals surface area contributed by atoms with Crippen molar-refractivity contribution in [3.8, 4) is 0 Å². The van der Waals surface area contributed by atoms with Crippen LogP contribution >= 0.6 is 35.3 Å². The van der Waals surface area contributed by atoms with Gasteiger partial charge in [0.1, 0.15) is 12.8 Å². The van der Waals surface area contributed by atoms with Crippen LogP contribution in [-0.2, 0) is 9.63 Å². The number of oxime groups is 1. The number of anilines is 1. The second kappa shape index (κ2) is 5.79. The molecular weight excluding hydrogens is 249 g/mol. The Morgan fingerprint density at radius 3 is 2.79 bits per heavy atom. The second-order valence-corrected chi connectivity index (χ2v) is 3.20. The summed E-state index contributed by atoms with van der Waals surface area (Å²) in [5.74, 6) is 0. The summed E-state index contributed by atoms with van der Waals surface area (Å²) in [4.78, 5) is 19.1. The van der Waals surface area contributed by atoms with Crippen molar-refractivity contribution < 1.29 is 9.63 Å². The Balaban J connectivity index is 0.00000169. The van der Waals surface area contributed by atoms with Crippen molar-refractivity contribution in [3.05, 3.63) is 11.1 Å². The van der Waals surface area contributed by atoms with E-state index >= 15 is 0 Å². The number of hydrogen-bond acceptors (Lipinski definition) is 6. The third kappa shape index (κ3) is 3.13. The maximum Gasteiger partial charge on any atom is 0.276 e. The Hall–Kier alpha value is -0.850. The van der Waals surface area contributed by atoms with Gasteiger partial charge in [0.05, 0.1) is 0 Å². The summed E-state index contributed by atoms with van der Waals surface area (Å²) in [7, 11) is 1.32. The number of carbonyl (C=O) groups excluding carboxylic acids is 1. The fourth-order valence-electron chi connectivity index (χ4n) is 0.671. The number of halogens is 2. The first-order valence-corrected chi connectivity index (χ1v) is 4.43. The molecule has 8 heteroatoms. The van der Waals surface area contributed by atoms with Gasteiger partial charge in [-0.25, -0.2) is 4.98 Å². The van der Waals surface area contributed by atoms with Crippen LogP contribution in [0.4, 0.5) is 5.13 Å². The van der Waals surface area contributed by atoms with Crippen molar-refractivity contribution in [1.82, 2.24) is 4.98 Å². The maximum absolute atomic E-state index is 10.8. The van der Waals surface area contributed by atoms with E-state index in [0.717, 1.165) is 0 Å². The Labute approximate surface area is 95.3 Å². The molecule has 0 aromatic carbocycles. The monoisotopic (exact) mass is 255 g/mol. The van der Waals surface area contributed by atoms with Gasteiger partial charge in [-0.15, -0.1) is 23.7 Å². The zero-order valence-corrected chi connectivity index (χ0v) is 9.45. The molecule has 5 nitrogen and oxygen atoms in total. The molecule has 0 bridgehead atoms. The van der Waals surface area contributed by atoms with Crippen LogP contribution in [0.1, 0.15) is 5.69 Å². The highest BCUT2D eigenvalue weighted by Crippen LogP contribution is 2.13. The van der Waals surface area contributed by atoms with Crippen LogP contribution in [0.3, 0.4) is 0 Å². The molecule has 2 N–H and O–H groups in total. The maximum atomic E-state index is 10.8. The number of aromatic nitrogens is 1. The van der Waals surface area contributed by atoms with E-state index in [4.69, 9.17) is 17.3 Å². The highest BCUT2D eigenvalue weighted by molar-refractivity contribution is 7.13. The lowest BCUT2D eigenvalue weighted by Crippen LogP contribution is -2.10. The second-order valence-electron chi connectivity index (χ2n) is 1.97. The molecule has 1 aromatic heterocycles. The van der Waals surface area contributed by atoms with Gasteiger partial charge in [-0.1, -0.05) is 5.16 Å². The molecule has 0 fully saturated rings. The van der Waals surface area contributed by atoms with Crippen LogP contribution in [0.2, 0.25) is 0 Å². The number of nitrogens with two attached hydrogens (primary N) is 1. The summed E-state index contributed by atoms with van der Waals surface area (Å²) in [6.45, 7) is 0. The number of rotatable bonds is 3. The van der Waals surface area contributed by atoms with Crippen molar-refractivity contribution in [2.45, 2.75) is 0 Å². The number of nitrogens with zero attached hydrogens (tertiary/aromatic N) is 2. The van der Waals surface area contributed by atoms with E-state index in [0.29, 0.717) is 10.8 Å². The van der Waals surface area contributed by atoms with Gasteiger partial charge in [-0.2, -0.15) is 0 Å². The summed E-state index contributed by atoms with van der Waals surface area (Å²) >= 11 is 6.44. The smallest absolute Gasteiger partial charge is 0.276 e. The summed E-state index contributed by atoms with van der Waals surface area (Å²) < 4.78 is 0. The van der Waals surface area contributed by atoms with Gasteiger partial charge in [0.2, 0.25) is 0 Å². The van der Waals surface area contributed by atoms with Crippen molar-refractivity contribution in [2.24, 2.45) is 5.16 Å². The molecule has 0 aliphatic heterocycles. The third-order valence-corrected chi connectivity index (χ3v) is 1.99. The highest BCUT2D eigenvalue weighted by Gasteiger charge is 2.15. The lowest BCUT2D eigenvalue weighted by atomic mass is 10.3. The topological polar surface area (TPSA) is 77.6 Å². The van der Waals surface area contributed by atoms with E-state index in [-0.39, 0.29) is 18.1 Å². The van der Waals surface area contributed by atoms with Crippen molar-refractivity contribution in [2.75, 3.05) is 12.8 Å². The predicted octanol–water partition coefficient (Wildman–Crippen LogP) is 1.26. The average Bonchev–Trinajstić information content (AvgIpc) is 2.46. The molecule has 1 rings (SSSR count). The molecule has 0 atom stereocenters. The standard InChI is InChI=1S/C6H6ClN3O2S.ClH/c1-12-10-4(5(7)11)3-2-13-6(8)9-3;/h2H,1H3,(H2,8,9);1H/b10-4+;. The van der Waals surface area contributed by atoms with Gasteiger partial charge < -0.3 is 10.6 Å². The van der Waals surface area contributed by atoms with Gasteiger partial charge in [0.25, 0.3) is 5.24 Å². The van der Waals surface area contributed by atoms with Gasteiger partial charge in [-0.05, 0) is 11.6 Å². The number of carbonyl (C=O) groups is 1. The first-order chi connectivity index (χ1) is 6.15. The molecule has 14 heavy (non-hydrogen) atoms. The molecular formula is C6H7Cl2N3O2S. The highest BCUT2D eigenvalue weighted by atomic mass is 35.5. The summed E-state index contributed by atoms with van der Waals surface area (Å²) in [5, 5.41) is 4.62. The van der Waals surface area contributed by atoms with Crippen LogP contribution in [0.5, 0.6) is 0 Å². The van der Waals surface area contributed by atoms with Crippen LogP contribution in [0.15, 0.2) is 10.5 Å². The van der Waals surface area contributed by atoms with Crippen molar-refractivity contribution in [1.29, 1.82) is 0 Å². The average molecular weight is 256 g/mol. The van der Waals surface area contributed by atoms with Gasteiger partial charge in [0.15, 0.2) is 10.8 Å². The molecule has 0 radical (unpaired) electrons. The first kappa shape index (κ1) is 13.2. The van der Waals surface area contributed by atoms with Crippen molar-refractivity contribution >= 4 is 51.4 Å². The zero-order valence-electron chi connectivity index (χ0n) is 7.06. The van der Waals surface area contributed by atoms with E-state index in [1.54, 1.807) is 5.38 Å². The van der Waals surface area contributed by atoms with Crippen LogP contribution in [0.25, 0.3) is 0 Å². The van der Waals surface area contributed by atoms with Crippen molar-refractivity contribution in [3.63, 3.8) is 0 Å². The van der Waals surface area contributed by atoms with Crippen LogP contribution in [-0.4, -0.2) is 23.0 Å². The Bertz CT molecular complexity index is 353. The normalized spacial score (nSPS) is 10.6. The Kier molecular flexibility index (Phi) is 5.44. The first-order valence-electron chi connectivity index (χ1n) is 3.17. The molecule has 0 aliphatic rings. The molecule has 1 aromatic rings. The minimum atomic E-state index is -0.729. The fraction of sp³-hybridized carbons (Fsp3) is 0.167. The SMILES string of the molecule is CO/N=C(/C(=O)Cl)c1csc(N)n1.Cl. The molecule has 0 aliphatic carbocycles. The third-order valence-electron chi connectivity index (χ3n) is 1.13. The van der Waals surface area contributed by atoms with E-state index in [2.05, 4.69) is 15.0 Å². The minimum absolute atomic E-state index is 0. The van der Waals surface area contributed by atoms with E-state index < -0.39 is 5.24 Å². The molecule has 0 saturated carbocycles. The van der Waals surface area contributed by atoms with E-state index in [1.165, 1.54) is 18.4 Å². The number of hydrogen-bond donors (Lipinski definition) is 1.